The van der Waals surface area contributed by atoms with Gasteiger partial charge < -0.3 is 21.8 Å². The molecule has 1 unspecified atom stereocenters. The summed E-state index contributed by atoms with van der Waals surface area (Å²) < 4.78 is 0. The molecule has 1 heterocycles. The SMILES string of the molecule is CC(CC(N)=O)NC(=O)c1cc(N)c[nH]1. The number of carbonyl (C=O) groups is 2. The summed E-state index contributed by atoms with van der Waals surface area (Å²) in [6, 6.07) is 1.23. The monoisotopic (exact) mass is 210 g/mol. The van der Waals surface area contributed by atoms with E-state index < -0.39 is 5.91 Å². The summed E-state index contributed by atoms with van der Waals surface area (Å²) in [7, 11) is 0. The molecule has 0 fully saturated rings. The summed E-state index contributed by atoms with van der Waals surface area (Å²) >= 11 is 0. The topological polar surface area (TPSA) is 114 Å². The average Bonchev–Trinajstić information content (AvgIpc) is 2.49. The molecule has 1 rings (SSSR count). The van der Waals surface area contributed by atoms with Crippen LogP contribution in [0.1, 0.15) is 23.8 Å². The van der Waals surface area contributed by atoms with Crippen molar-refractivity contribution in [3.05, 3.63) is 18.0 Å². The van der Waals surface area contributed by atoms with Gasteiger partial charge in [0.2, 0.25) is 5.91 Å². The molecule has 0 spiro atoms. The summed E-state index contributed by atoms with van der Waals surface area (Å²) in [5.41, 5.74) is 11.3. The minimum absolute atomic E-state index is 0.113. The van der Waals surface area contributed by atoms with Gasteiger partial charge in [0, 0.05) is 24.3 Å². The second-order valence-corrected chi connectivity index (χ2v) is 3.39. The van der Waals surface area contributed by atoms with Crippen LogP contribution >= 0.6 is 0 Å². The van der Waals surface area contributed by atoms with Gasteiger partial charge in [0.05, 0.1) is 0 Å². The number of aromatic amines is 1. The molecule has 0 aliphatic carbocycles. The predicted molar refractivity (Wildman–Crippen MR) is 55.9 cm³/mol. The maximum absolute atomic E-state index is 11.5. The summed E-state index contributed by atoms with van der Waals surface area (Å²) in [6.45, 7) is 1.70. The fourth-order valence-corrected chi connectivity index (χ4v) is 1.20. The molecule has 82 valence electrons. The minimum Gasteiger partial charge on any atom is -0.397 e. The van der Waals surface area contributed by atoms with Gasteiger partial charge in [-0.25, -0.2) is 0 Å². The third-order valence-electron chi connectivity index (χ3n) is 1.83. The normalized spacial score (nSPS) is 12.1. The third-order valence-corrected chi connectivity index (χ3v) is 1.83. The van der Waals surface area contributed by atoms with Crippen molar-refractivity contribution in [3.63, 3.8) is 0 Å². The van der Waals surface area contributed by atoms with Crippen LogP contribution in [0.25, 0.3) is 0 Å². The molecule has 0 saturated heterocycles. The largest absolute Gasteiger partial charge is 0.397 e. The molecule has 1 aromatic heterocycles. The highest BCUT2D eigenvalue weighted by Gasteiger charge is 2.12. The first-order chi connectivity index (χ1) is 6.99. The van der Waals surface area contributed by atoms with E-state index >= 15 is 0 Å². The average molecular weight is 210 g/mol. The lowest BCUT2D eigenvalue weighted by Crippen LogP contribution is -2.35. The third kappa shape index (κ3) is 3.34. The summed E-state index contributed by atoms with van der Waals surface area (Å²) in [5, 5.41) is 2.61. The lowest BCUT2D eigenvalue weighted by atomic mass is 10.2. The van der Waals surface area contributed by atoms with Crippen molar-refractivity contribution in [1.82, 2.24) is 10.3 Å². The van der Waals surface area contributed by atoms with E-state index in [4.69, 9.17) is 11.5 Å². The van der Waals surface area contributed by atoms with Crippen molar-refractivity contribution in [3.8, 4) is 0 Å². The van der Waals surface area contributed by atoms with E-state index in [9.17, 15) is 9.59 Å². The number of rotatable bonds is 4. The van der Waals surface area contributed by atoms with Crippen molar-refractivity contribution in [2.24, 2.45) is 5.73 Å². The minimum atomic E-state index is -0.450. The Morgan fingerprint density at radius 3 is 2.73 bits per heavy atom. The fourth-order valence-electron chi connectivity index (χ4n) is 1.20. The first kappa shape index (κ1) is 11.1. The maximum Gasteiger partial charge on any atom is 0.267 e. The molecule has 0 saturated carbocycles. The Kier molecular flexibility index (Phi) is 3.33. The van der Waals surface area contributed by atoms with Crippen LogP contribution in [0.4, 0.5) is 5.69 Å². The molecule has 0 bridgehead atoms. The molecule has 0 aliphatic rings. The van der Waals surface area contributed by atoms with E-state index in [0.717, 1.165) is 0 Å². The van der Waals surface area contributed by atoms with E-state index in [2.05, 4.69) is 10.3 Å². The molecule has 6 N–H and O–H groups in total. The van der Waals surface area contributed by atoms with Gasteiger partial charge >= 0.3 is 0 Å². The predicted octanol–water partition coefficient (Wildman–Crippen LogP) is -0.409. The highest BCUT2D eigenvalue weighted by molar-refractivity contribution is 5.93. The molecule has 1 atom stereocenters. The molecule has 2 amide bonds. The summed E-state index contributed by atoms with van der Waals surface area (Å²) in [5.74, 6) is -0.755. The van der Waals surface area contributed by atoms with Gasteiger partial charge in [-0.1, -0.05) is 0 Å². The van der Waals surface area contributed by atoms with E-state index in [1.807, 2.05) is 0 Å². The number of nitrogens with one attached hydrogen (secondary N) is 2. The van der Waals surface area contributed by atoms with Crippen molar-refractivity contribution in [2.45, 2.75) is 19.4 Å². The number of aromatic nitrogens is 1. The van der Waals surface area contributed by atoms with Gasteiger partial charge in [0.15, 0.2) is 0 Å². The summed E-state index contributed by atoms with van der Waals surface area (Å²) in [4.78, 5) is 24.8. The lowest BCUT2D eigenvalue weighted by Gasteiger charge is -2.10. The van der Waals surface area contributed by atoms with Crippen LogP contribution < -0.4 is 16.8 Å². The van der Waals surface area contributed by atoms with Gasteiger partial charge in [-0.15, -0.1) is 0 Å². The smallest absolute Gasteiger partial charge is 0.267 e. The number of hydrogen-bond donors (Lipinski definition) is 4. The molecule has 6 nitrogen and oxygen atoms in total. The Bertz CT molecular complexity index is 372. The van der Waals surface area contributed by atoms with Crippen LogP contribution in [0.2, 0.25) is 0 Å². The first-order valence-corrected chi connectivity index (χ1v) is 4.52. The van der Waals surface area contributed by atoms with E-state index in [1.54, 1.807) is 6.92 Å². The fraction of sp³-hybridized carbons (Fsp3) is 0.333. The van der Waals surface area contributed by atoms with E-state index in [1.165, 1.54) is 12.3 Å². The number of amides is 2. The van der Waals surface area contributed by atoms with Crippen molar-refractivity contribution in [2.75, 3.05) is 5.73 Å². The van der Waals surface area contributed by atoms with Crippen molar-refractivity contribution in [1.29, 1.82) is 0 Å². The molecular weight excluding hydrogens is 196 g/mol. The molecule has 0 aliphatic heterocycles. The Hall–Kier alpha value is -1.98. The Labute approximate surface area is 87.0 Å². The number of primary amides is 1. The van der Waals surface area contributed by atoms with Gasteiger partial charge in [-0.05, 0) is 13.0 Å². The zero-order chi connectivity index (χ0) is 11.4. The number of anilines is 1. The summed E-state index contributed by atoms with van der Waals surface area (Å²) in [6.07, 6.45) is 1.63. The van der Waals surface area contributed by atoms with Crippen molar-refractivity contribution >= 4 is 17.5 Å². The Balaban J connectivity index is 2.52. The second-order valence-electron chi connectivity index (χ2n) is 3.39. The van der Waals surface area contributed by atoms with Crippen LogP contribution in [-0.4, -0.2) is 22.8 Å². The van der Waals surface area contributed by atoms with Crippen LogP contribution in [0.3, 0.4) is 0 Å². The maximum atomic E-state index is 11.5. The van der Waals surface area contributed by atoms with Crippen molar-refractivity contribution < 1.29 is 9.59 Å². The van der Waals surface area contributed by atoms with Crippen LogP contribution in [-0.2, 0) is 4.79 Å². The van der Waals surface area contributed by atoms with Crippen LogP contribution in [0.15, 0.2) is 12.3 Å². The quantitative estimate of drug-likeness (QED) is 0.541. The Morgan fingerprint density at radius 1 is 1.60 bits per heavy atom. The van der Waals surface area contributed by atoms with Gasteiger partial charge in [-0.2, -0.15) is 0 Å². The van der Waals surface area contributed by atoms with E-state index in [0.29, 0.717) is 11.4 Å². The second kappa shape index (κ2) is 4.50. The van der Waals surface area contributed by atoms with Gasteiger partial charge in [-0.3, -0.25) is 9.59 Å². The standard InChI is InChI=1S/C9H14N4O2/c1-5(2-8(11)14)13-9(15)7-3-6(10)4-12-7/h3-5,12H,2,10H2,1H3,(H2,11,14)(H,13,15). The number of nitrogens with two attached hydrogens (primary N) is 2. The van der Waals surface area contributed by atoms with Gasteiger partial charge in [0.1, 0.15) is 5.69 Å². The highest BCUT2D eigenvalue weighted by atomic mass is 16.2. The molecular formula is C9H14N4O2. The molecule has 0 radical (unpaired) electrons. The van der Waals surface area contributed by atoms with Gasteiger partial charge in [0.25, 0.3) is 5.91 Å². The molecule has 15 heavy (non-hydrogen) atoms. The molecule has 1 aromatic rings. The number of carbonyl (C=O) groups excluding carboxylic acids is 2. The lowest BCUT2D eigenvalue weighted by molar-refractivity contribution is -0.118. The number of hydrogen-bond acceptors (Lipinski definition) is 3. The van der Waals surface area contributed by atoms with Crippen LogP contribution in [0.5, 0.6) is 0 Å². The first-order valence-electron chi connectivity index (χ1n) is 4.52. The zero-order valence-electron chi connectivity index (χ0n) is 8.41. The van der Waals surface area contributed by atoms with Crippen LogP contribution in [0, 0.1) is 0 Å². The van der Waals surface area contributed by atoms with E-state index in [-0.39, 0.29) is 18.4 Å². The Morgan fingerprint density at radius 2 is 2.27 bits per heavy atom. The highest BCUT2D eigenvalue weighted by Crippen LogP contribution is 2.04. The molecule has 0 aromatic carbocycles. The number of nitrogen functional groups attached to an aromatic ring is 1. The zero-order valence-corrected chi connectivity index (χ0v) is 8.41. The molecule has 6 heteroatoms. The number of H-pyrrole nitrogens is 1.